The van der Waals surface area contributed by atoms with Gasteiger partial charge in [-0.15, -0.1) is 0 Å². The van der Waals surface area contributed by atoms with E-state index in [1.807, 2.05) is 12.1 Å². The first-order valence-corrected chi connectivity index (χ1v) is 15.0. The van der Waals surface area contributed by atoms with Crippen LogP contribution in [-0.2, 0) is 20.9 Å². The Hall–Kier alpha value is -4.06. The molecule has 3 atom stereocenters. The molecule has 0 radical (unpaired) electrons. The van der Waals surface area contributed by atoms with Crippen molar-refractivity contribution in [1.82, 2.24) is 4.57 Å². The first-order valence-electron chi connectivity index (χ1n) is 12.9. The van der Waals surface area contributed by atoms with Gasteiger partial charge in [0.15, 0.2) is 0 Å². The third-order valence-electron chi connectivity index (χ3n) is 7.28. The molecule has 3 aromatic carbocycles. The SMILES string of the molecule is COc1ccc(NC(=O)Cn2c3c(sc2=O)C(c2ccc(Cl)cc2)C2C(=O)N(c4ccc(OC)cc4)C(=O)C2S3)cc1. The van der Waals surface area contributed by atoms with Crippen molar-refractivity contribution in [2.75, 3.05) is 24.4 Å². The molecular weight excluding hydrogens is 598 g/mol. The summed E-state index contributed by atoms with van der Waals surface area (Å²) in [5.74, 6) is -1.21. The molecule has 9 nitrogen and oxygen atoms in total. The number of nitrogens with zero attached hydrogens (tertiary/aromatic N) is 2. The van der Waals surface area contributed by atoms with E-state index in [4.69, 9.17) is 21.1 Å². The molecule has 6 rings (SSSR count). The number of carbonyl (C=O) groups excluding carboxylic acids is 3. The fourth-order valence-corrected chi connectivity index (χ4v) is 8.19. The Morgan fingerprint density at radius 3 is 2.12 bits per heavy atom. The molecule has 214 valence electrons. The number of thiazole rings is 1. The highest BCUT2D eigenvalue weighted by molar-refractivity contribution is 8.00. The highest BCUT2D eigenvalue weighted by Gasteiger charge is 2.56. The molecule has 0 aliphatic carbocycles. The van der Waals surface area contributed by atoms with Crippen molar-refractivity contribution in [3.8, 4) is 11.5 Å². The van der Waals surface area contributed by atoms with Crippen LogP contribution in [0.15, 0.2) is 82.6 Å². The van der Waals surface area contributed by atoms with Crippen LogP contribution in [0, 0.1) is 5.92 Å². The highest BCUT2D eigenvalue weighted by Crippen LogP contribution is 2.54. The van der Waals surface area contributed by atoms with Gasteiger partial charge >= 0.3 is 4.87 Å². The van der Waals surface area contributed by atoms with Crippen molar-refractivity contribution in [1.29, 1.82) is 0 Å². The molecule has 0 saturated carbocycles. The fraction of sp³-hybridized carbons (Fsp3) is 0.200. The lowest BCUT2D eigenvalue weighted by molar-refractivity contribution is -0.122. The van der Waals surface area contributed by atoms with Crippen molar-refractivity contribution in [3.63, 3.8) is 0 Å². The quantitative estimate of drug-likeness (QED) is 0.289. The maximum Gasteiger partial charge on any atom is 0.308 e. The second-order valence-corrected chi connectivity index (χ2v) is 12.3. The van der Waals surface area contributed by atoms with Crippen LogP contribution in [0.25, 0.3) is 0 Å². The second-order valence-electron chi connectivity index (χ2n) is 9.70. The molecule has 2 aliphatic heterocycles. The van der Waals surface area contributed by atoms with Gasteiger partial charge in [0.25, 0.3) is 0 Å². The number of hydrogen-bond donors (Lipinski definition) is 1. The Morgan fingerprint density at radius 1 is 0.881 bits per heavy atom. The zero-order valence-corrected chi connectivity index (χ0v) is 24.8. The number of hydrogen-bond acceptors (Lipinski definition) is 8. The molecule has 0 spiro atoms. The van der Waals surface area contributed by atoms with Gasteiger partial charge < -0.3 is 14.8 Å². The summed E-state index contributed by atoms with van der Waals surface area (Å²) in [4.78, 5) is 55.6. The van der Waals surface area contributed by atoms with Crippen LogP contribution >= 0.6 is 34.7 Å². The first-order chi connectivity index (χ1) is 20.3. The summed E-state index contributed by atoms with van der Waals surface area (Å²) in [5.41, 5.74) is 1.75. The van der Waals surface area contributed by atoms with Gasteiger partial charge in [-0.3, -0.25) is 23.7 Å². The number of ether oxygens (including phenoxy) is 2. The summed E-state index contributed by atoms with van der Waals surface area (Å²) in [6.45, 7) is -0.251. The van der Waals surface area contributed by atoms with E-state index >= 15 is 0 Å². The number of imide groups is 1. The minimum atomic E-state index is -0.794. The Bertz CT molecular complexity index is 1730. The molecule has 1 aromatic heterocycles. The van der Waals surface area contributed by atoms with Gasteiger partial charge in [0.2, 0.25) is 17.7 Å². The smallest absolute Gasteiger partial charge is 0.308 e. The molecule has 1 fully saturated rings. The van der Waals surface area contributed by atoms with Gasteiger partial charge in [-0.1, -0.05) is 46.8 Å². The lowest BCUT2D eigenvalue weighted by Gasteiger charge is -2.30. The third-order valence-corrected chi connectivity index (χ3v) is 10.1. The predicted octanol–water partition coefficient (Wildman–Crippen LogP) is 5.01. The van der Waals surface area contributed by atoms with E-state index in [-0.39, 0.29) is 23.2 Å². The van der Waals surface area contributed by atoms with E-state index in [1.165, 1.54) is 16.6 Å². The van der Waals surface area contributed by atoms with E-state index in [9.17, 15) is 19.2 Å². The number of aromatic nitrogens is 1. The van der Waals surface area contributed by atoms with E-state index < -0.39 is 23.0 Å². The van der Waals surface area contributed by atoms with Crippen molar-refractivity contribution < 1.29 is 23.9 Å². The molecule has 1 N–H and O–H groups in total. The number of fused-ring (bicyclic) bond motifs is 2. The molecule has 3 heterocycles. The number of carbonyl (C=O) groups is 3. The Kier molecular flexibility index (Phi) is 7.56. The molecule has 42 heavy (non-hydrogen) atoms. The maximum absolute atomic E-state index is 14.0. The van der Waals surface area contributed by atoms with Crippen LogP contribution in [0.3, 0.4) is 0 Å². The summed E-state index contributed by atoms with van der Waals surface area (Å²) < 4.78 is 11.8. The average molecular weight is 622 g/mol. The van der Waals surface area contributed by atoms with Crippen LogP contribution in [0.2, 0.25) is 5.02 Å². The number of halogens is 1. The number of methoxy groups -OCH3 is 2. The number of thioether (sulfide) groups is 1. The van der Waals surface area contributed by atoms with E-state index in [1.54, 1.807) is 67.8 Å². The minimum Gasteiger partial charge on any atom is -0.497 e. The topological polar surface area (TPSA) is 107 Å². The summed E-state index contributed by atoms with van der Waals surface area (Å²) >= 11 is 8.32. The fourth-order valence-electron chi connectivity index (χ4n) is 5.29. The van der Waals surface area contributed by atoms with Crippen molar-refractivity contribution in [2.45, 2.75) is 22.7 Å². The molecule has 3 amide bonds. The summed E-state index contributed by atoms with van der Waals surface area (Å²) in [5, 5.41) is 3.04. The lowest BCUT2D eigenvalue weighted by atomic mass is 9.83. The number of rotatable bonds is 7. The molecule has 2 aliphatic rings. The second kappa shape index (κ2) is 11.3. The number of nitrogens with one attached hydrogen (secondary N) is 1. The molecule has 4 aromatic rings. The van der Waals surface area contributed by atoms with Crippen LogP contribution in [0.5, 0.6) is 11.5 Å². The van der Waals surface area contributed by atoms with Crippen LogP contribution < -0.4 is 24.6 Å². The number of amides is 3. The largest absolute Gasteiger partial charge is 0.497 e. The minimum absolute atomic E-state index is 0.251. The van der Waals surface area contributed by atoms with E-state index in [2.05, 4.69) is 5.32 Å². The third kappa shape index (κ3) is 4.97. The monoisotopic (exact) mass is 621 g/mol. The van der Waals surface area contributed by atoms with E-state index in [0.29, 0.717) is 37.8 Å². The van der Waals surface area contributed by atoms with Gasteiger partial charge in [-0.2, -0.15) is 0 Å². The molecule has 12 heteroatoms. The average Bonchev–Trinajstić information content (AvgIpc) is 3.44. The number of benzene rings is 3. The Labute approximate surface area is 254 Å². The zero-order valence-electron chi connectivity index (χ0n) is 22.4. The van der Waals surface area contributed by atoms with E-state index in [0.717, 1.165) is 28.7 Å². The first kappa shape index (κ1) is 28.1. The highest BCUT2D eigenvalue weighted by atomic mass is 35.5. The normalized spacial score (nSPS) is 19.3. The molecule has 3 unspecified atom stereocenters. The standard InChI is InChI=1S/C30H24ClN3O6S2/c1-39-20-11-7-18(8-12-20)32-22(35)15-33-29-26(42-30(33)38)23(16-3-5-17(31)6-4-16)24-25(41-29)28(37)34(27(24)36)19-9-13-21(40-2)14-10-19/h3-14,23-25H,15H2,1-2H3,(H,32,35). The summed E-state index contributed by atoms with van der Waals surface area (Å²) in [6, 6.07) is 20.6. The van der Waals surface area contributed by atoms with Gasteiger partial charge in [0, 0.05) is 21.5 Å². The Balaban J connectivity index is 1.37. The van der Waals surface area contributed by atoms with Gasteiger partial charge in [-0.05, 0) is 66.2 Å². The molecule has 0 bridgehead atoms. The number of anilines is 2. The molecular formula is C30H24ClN3O6S2. The van der Waals surface area contributed by atoms with Crippen LogP contribution in [0.4, 0.5) is 11.4 Å². The van der Waals surface area contributed by atoms with Crippen molar-refractivity contribution >= 4 is 63.8 Å². The summed E-state index contributed by atoms with van der Waals surface area (Å²) in [7, 11) is 3.09. The zero-order chi connectivity index (χ0) is 29.5. The van der Waals surface area contributed by atoms with Crippen molar-refractivity contribution in [3.05, 3.63) is 97.9 Å². The van der Waals surface area contributed by atoms with Crippen LogP contribution in [0.1, 0.15) is 16.4 Å². The predicted molar refractivity (Wildman–Crippen MR) is 162 cm³/mol. The maximum atomic E-state index is 14.0. The lowest BCUT2D eigenvalue weighted by Crippen LogP contribution is -2.33. The van der Waals surface area contributed by atoms with Gasteiger partial charge in [0.1, 0.15) is 23.3 Å². The van der Waals surface area contributed by atoms with Gasteiger partial charge in [0.05, 0.1) is 30.9 Å². The van der Waals surface area contributed by atoms with Crippen LogP contribution in [-0.4, -0.2) is 41.8 Å². The molecule has 1 saturated heterocycles. The Morgan fingerprint density at radius 2 is 1.50 bits per heavy atom. The summed E-state index contributed by atoms with van der Waals surface area (Å²) in [6.07, 6.45) is 0. The van der Waals surface area contributed by atoms with Gasteiger partial charge in [-0.25, -0.2) is 4.90 Å². The van der Waals surface area contributed by atoms with Crippen molar-refractivity contribution in [2.24, 2.45) is 5.92 Å².